The molecule has 1 atom stereocenters. The van der Waals surface area contributed by atoms with E-state index in [-0.39, 0.29) is 23.4 Å². The number of hydrogen-bond acceptors (Lipinski definition) is 5. The van der Waals surface area contributed by atoms with Gasteiger partial charge in [0.2, 0.25) is 10.0 Å². The van der Waals surface area contributed by atoms with Crippen LogP contribution in [0.5, 0.6) is 0 Å². The average molecular weight is 488 g/mol. The average Bonchev–Trinajstić information content (AvgIpc) is 3.54. The van der Waals surface area contributed by atoms with Crippen molar-refractivity contribution in [2.24, 2.45) is 0 Å². The highest BCUT2D eigenvalue weighted by Crippen LogP contribution is 2.29. The largest absolute Gasteiger partial charge is 0.468 e. The summed E-state index contributed by atoms with van der Waals surface area (Å²) in [6.45, 7) is 2.39. The Morgan fingerprint density at radius 1 is 1.03 bits per heavy atom. The van der Waals surface area contributed by atoms with Crippen molar-refractivity contribution >= 4 is 27.5 Å². The van der Waals surface area contributed by atoms with Crippen molar-refractivity contribution in [2.45, 2.75) is 30.3 Å². The van der Waals surface area contributed by atoms with Gasteiger partial charge >= 0.3 is 0 Å². The Morgan fingerprint density at radius 3 is 2.42 bits per heavy atom. The summed E-state index contributed by atoms with van der Waals surface area (Å²) in [6.07, 6.45) is 3.73. The number of sulfonamides is 1. The van der Waals surface area contributed by atoms with Crippen molar-refractivity contribution in [2.75, 3.05) is 19.6 Å². The van der Waals surface area contributed by atoms with E-state index < -0.39 is 10.0 Å². The highest BCUT2D eigenvalue weighted by molar-refractivity contribution is 7.89. The second-order valence-corrected chi connectivity index (χ2v) is 10.1. The molecule has 1 aliphatic rings. The van der Waals surface area contributed by atoms with Gasteiger partial charge in [0.15, 0.2) is 0 Å². The van der Waals surface area contributed by atoms with Crippen molar-refractivity contribution < 1.29 is 17.6 Å². The first-order valence-electron chi connectivity index (χ1n) is 10.8. The fraction of sp³-hybridized carbons (Fsp3) is 0.292. The highest BCUT2D eigenvalue weighted by atomic mass is 35.5. The number of likely N-dealkylation sites (tertiary alicyclic amines) is 1. The number of benzene rings is 2. The van der Waals surface area contributed by atoms with Gasteiger partial charge in [-0.1, -0.05) is 29.8 Å². The van der Waals surface area contributed by atoms with Crippen LogP contribution < -0.4 is 10.0 Å². The van der Waals surface area contributed by atoms with Crippen LogP contribution in [0, 0.1) is 0 Å². The van der Waals surface area contributed by atoms with Gasteiger partial charge in [-0.25, -0.2) is 13.1 Å². The number of carbonyl (C=O) groups is 1. The molecule has 33 heavy (non-hydrogen) atoms. The molecule has 3 aromatic rings. The lowest BCUT2D eigenvalue weighted by atomic mass is 10.0. The Balaban J connectivity index is 1.40. The van der Waals surface area contributed by atoms with Crippen molar-refractivity contribution in [3.63, 3.8) is 0 Å². The van der Waals surface area contributed by atoms with Crippen LogP contribution in [0.25, 0.3) is 0 Å². The smallest absolute Gasteiger partial charge is 0.251 e. The first-order valence-corrected chi connectivity index (χ1v) is 12.7. The Kier molecular flexibility index (Phi) is 7.49. The molecule has 1 aliphatic heterocycles. The minimum Gasteiger partial charge on any atom is -0.468 e. The van der Waals surface area contributed by atoms with Gasteiger partial charge < -0.3 is 9.73 Å². The lowest BCUT2D eigenvalue weighted by Gasteiger charge is -2.29. The SMILES string of the molecule is O=C(NC[C@H](c1ccccc1Cl)N1CCCC1)c1ccc(S(=O)(=O)NCc2ccco2)cc1. The van der Waals surface area contributed by atoms with Crippen LogP contribution in [0.3, 0.4) is 0 Å². The molecule has 0 saturated carbocycles. The molecular weight excluding hydrogens is 462 g/mol. The minimum atomic E-state index is -3.72. The molecule has 4 rings (SSSR count). The zero-order chi connectivity index (χ0) is 23.3. The summed E-state index contributed by atoms with van der Waals surface area (Å²) < 4.78 is 32.6. The molecule has 7 nitrogen and oxygen atoms in total. The molecule has 2 aromatic carbocycles. The third-order valence-electron chi connectivity index (χ3n) is 5.74. The molecule has 0 radical (unpaired) electrons. The van der Waals surface area contributed by atoms with E-state index in [1.807, 2.05) is 24.3 Å². The molecule has 0 unspecified atom stereocenters. The Hall–Kier alpha value is -2.65. The first-order chi connectivity index (χ1) is 15.9. The lowest BCUT2D eigenvalue weighted by Crippen LogP contribution is -2.37. The van der Waals surface area contributed by atoms with E-state index in [2.05, 4.69) is 14.9 Å². The Bertz CT molecular complexity index is 1170. The van der Waals surface area contributed by atoms with Gasteiger partial charge in [0.1, 0.15) is 5.76 Å². The van der Waals surface area contributed by atoms with Gasteiger partial charge in [-0.15, -0.1) is 0 Å². The molecule has 9 heteroatoms. The molecule has 0 aliphatic carbocycles. The van der Waals surface area contributed by atoms with Gasteiger partial charge in [-0.3, -0.25) is 9.69 Å². The second kappa shape index (κ2) is 10.5. The maximum Gasteiger partial charge on any atom is 0.251 e. The molecule has 0 bridgehead atoms. The number of rotatable bonds is 9. The van der Waals surface area contributed by atoms with E-state index in [1.165, 1.54) is 30.5 Å². The number of halogens is 1. The van der Waals surface area contributed by atoms with E-state index in [9.17, 15) is 13.2 Å². The molecule has 1 amide bonds. The van der Waals surface area contributed by atoms with E-state index in [4.69, 9.17) is 16.0 Å². The summed E-state index contributed by atoms with van der Waals surface area (Å²) in [6, 6.07) is 16.9. The van der Waals surface area contributed by atoms with Gasteiger partial charge in [0, 0.05) is 17.1 Å². The fourth-order valence-corrected chi connectivity index (χ4v) is 5.23. The van der Waals surface area contributed by atoms with E-state index in [1.54, 1.807) is 12.1 Å². The van der Waals surface area contributed by atoms with Crippen LogP contribution in [-0.4, -0.2) is 38.9 Å². The summed E-state index contributed by atoms with van der Waals surface area (Å²) in [5, 5.41) is 3.67. The quantitative estimate of drug-likeness (QED) is 0.476. The summed E-state index contributed by atoms with van der Waals surface area (Å²) in [5.41, 5.74) is 1.38. The Morgan fingerprint density at radius 2 is 1.76 bits per heavy atom. The molecule has 2 N–H and O–H groups in total. The second-order valence-electron chi connectivity index (χ2n) is 7.92. The van der Waals surface area contributed by atoms with Crippen molar-refractivity contribution in [1.29, 1.82) is 0 Å². The maximum atomic E-state index is 12.8. The number of nitrogens with zero attached hydrogens (tertiary/aromatic N) is 1. The zero-order valence-corrected chi connectivity index (χ0v) is 19.6. The molecular formula is C24H26ClN3O4S. The van der Waals surface area contributed by atoms with Gasteiger partial charge in [0.25, 0.3) is 5.91 Å². The molecule has 1 saturated heterocycles. The normalized spacial score (nSPS) is 15.4. The van der Waals surface area contributed by atoms with Crippen LogP contribution in [0.1, 0.15) is 40.6 Å². The first kappa shape index (κ1) is 23.5. The number of hydrogen-bond donors (Lipinski definition) is 2. The topological polar surface area (TPSA) is 91.7 Å². The van der Waals surface area contributed by atoms with Gasteiger partial charge in [-0.2, -0.15) is 0 Å². The van der Waals surface area contributed by atoms with Crippen molar-refractivity contribution in [3.8, 4) is 0 Å². The summed E-state index contributed by atoms with van der Waals surface area (Å²) >= 11 is 6.44. The third kappa shape index (κ3) is 5.83. The van der Waals surface area contributed by atoms with Crippen LogP contribution in [-0.2, 0) is 16.6 Å². The zero-order valence-electron chi connectivity index (χ0n) is 18.0. The van der Waals surface area contributed by atoms with Crippen LogP contribution in [0.4, 0.5) is 0 Å². The predicted octanol–water partition coefficient (Wildman–Crippen LogP) is 3.98. The van der Waals surface area contributed by atoms with Gasteiger partial charge in [0.05, 0.1) is 23.7 Å². The lowest BCUT2D eigenvalue weighted by molar-refractivity contribution is 0.0938. The number of carbonyl (C=O) groups excluding carboxylic acids is 1. The molecule has 174 valence electrons. The summed E-state index contributed by atoms with van der Waals surface area (Å²) in [4.78, 5) is 15.2. The molecule has 1 fully saturated rings. The standard InChI is InChI=1S/C24H26ClN3O4S/c25-22-8-2-1-7-21(22)23(28-13-3-4-14-28)17-26-24(29)18-9-11-20(12-10-18)33(30,31)27-16-19-6-5-15-32-19/h1-2,5-12,15,23,27H,3-4,13-14,16-17H2,(H,26,29)/t23-/m1/s1. The van der Waals surface area contributed by atoms with E-state index in [0.29, 0.717) is 22.9 Å². The summed E-state index contributed by atoms with van der Waals surface area (Å²) in [5.74, 6) is 0.249. The molecule has 1 aromatic heterocycles. The van der Waals surface area contributed by atoms with Crippen molar-refractivity contribution in [1.82, 2.24) is 14.9 Å². The highest BCUT2D eigenvalue weighted by Gasteiger charge is 2.25. The monoisotopic (exact) mass is 487 g/mol. The van der Waals surface area contributed by atoms with E-state index >= 15 is 0 Å². The maximum absolute atomic E-state index is 12.8. The van der Waals surface area contributed by atoms with Gasteiger partial charge in [-0.05, 0) is 74.0 Å². The van der Waals surface area contributed by atoms with E-state index in [0.717, 1.165) is 31.5 Å². The minimum absolute atomic E-state index is 0.0180. The van der Waals surface area contributed by atoms with Crippen LogP contribution in [0.2, 0.25) is 5.02 Å². The third-order valence-corrected chi connectivity index (χ3v) is 7.51. The number of nitrogens with one attached hydrogen (secondary N) is 2. The number of furan rings is 1. The predicted molar refractivity (Wildman–Crippen MR) is 127 cm³/mol. The Labute approximate surface area is 198 Å². The fourth-order valence-electron chi connectivity index (χ4n) is 3.97. The van der Waals surface area contributed by atoms with Crippen molar-refractivity contribution in [3.05, 3.63) is 88.8 Å². The molecule has 2 heterocycles. The van der Waals surface area contributed by atoms with Crippen LogP contribution >= 0.6 is 11.6 Å². The van der Waals surface area contributed by atoms with Crippen LogP contribution in [0.15, 0.2) is 76.2 Å². The number of amides is 1. The molecule has 0 spiro atoms. The summed E-state index contributed by atoms with van der Waals surface area (Å²) in [7, 11) is -3.72.